The normalized spacial score (nSPS) is 14.7. The van der Waals surface area contributed by atoms with E-state index in [1.165, 1.54) is 28.8 Å². The number of halogens is 1. The number of amides is 1. The second kappa shape index (κ2) is 9.79. The van der Waals surface area contributed by atoms with E-state index < -0.39 is 5.97 Å². The van der Waals surface area contributed by atoms with Gasteiger partial charge in [-0.05, 0) is 66.1 Å². The zero-order valence-corrected chi connectivity index (χ0v) is 19.8. The number of benzene rings is 3. The summed E-state index contributed by atoms with van der Waals surface area (Å²) in [6.07, 6.45) is 1.75. The quantitative estimate of drug-likeness (QED) is 0.318. The first-order valence-corrected chi connectivity index (χ1v) is 11.5. The number of aryl methyl sites for hydroxylation is 1. The lowest BCUT2D eigenvalue weighted by molar-refractivity contribution is -0.113. The van der Waals surface area contributed by atoms with Gasteiger partial charge in [-0.25, -0.2) is 4.79 Å². The maximum absolute atomic E-state index is 13.1. The smallest absolute Gasteiger partial charge is 0.335 e. The van der Waals surface area contributed by atoms with Gasteiger partial charge in [0.2, 0.25) is 0 Å². The van der Waals surface area contributed by atoms with Crippen molar-refractivity contribution < 1.29 is 19.4 Å². The summed E-state index contributed by atoms with van der Waals surface area (Å²) >= 11 is 12.5. The molecule has 3 aromatic carbocycles. The molecule has 1 aliphatic heterocycles. The zero-order chi connectivity index (χ0) is 23.5. The Bertz CT molecular complexity index is 1290. The van der Waals surface area contributed by atoms with E-state index in [9.17, 15) is 14.7 Å². The number of hydrogen-bond donors (Lipinski definition) is 1. The van der Waals surface area contributed by atoms with Crippen molar-refractivity contribution in [2.45, 2.75) is 13.5 Å². The number of carboxylic acids is 1. The van der Waals surface area contributed by atoms with Crippen LogP contribution in [0.15, 0.2) is 71.6 Å². The zero-order valence-electron chi connectivity index (χ0n) is 17.4. The minimum atomic E-state index is -1.06. The summed E-state index contributed by atoms with van der Waals surface area (Å²) in [5.74, 6) is -0.685. The number of nitrogens with zero attached hydrogens (tertiary/aromatic N) is 1. The molecule has 0 spiro atoms. The van der Waals surface area contributed by atoms with Gasteiger partial charge in [0.05, 0.1) is 16.2 Å². The number of carboxylic acid groups (broad SMARTS) is 1. The largest absolute Gasteiger partial charge is 0.489 e. The van der Waals surface area contributed by atoms with Crippen LogP contribution in [-0.4, -0.2) is 21.3 Å². The number of ether oxygens (including phenoxy) is 1. The minimum absolute atomic E-state index is 0.0965. The third-order valence-corrected chi connectivity index (χ3v) is 6.52. The molecule has 8 heteroatoms. The van der Waals surface area contributed by atoms with Crippen molar-refractivity contribution in [1.82, 2.24) is 0 Å². The Morgan fingerprint density at radius 2 is 1.91 bits per heavy atom. The molecular weight excluding hydrogens is 478 g/mol. The van der Waals surface area contributed by atoms with Gasteiger partial charge in [-0.1, -0.05) is 65.9 Å². The van der Waals surface area contributed by atoms with Crippen molar-refractivity contribution in [3.63, 3.8) is 0 Å². The van der Waals surface area contributed by atoms with Crippen LogP contribution in [0.2, 0.25) is 5.02 Å². The van der Waals surface area contributed by atoms with Gasteiger partial charge >= 0.3 is 5.97 Å². The first-order valence-electron chi connectivity index (χ1n) is 9.91. The molecular formula is C25H18ClNO4S2. The number of thiocarbonyl (C=S) groups is 1. The van der Waals surface area contributed by atoms with Crippen LogP contribution in [0.25, 0.3) is 6.08 Å². The molecule has 0 bridgehead atoms. The van der Waals surface area contributed by atoms with Crippen LogP contribution in [0.3, 0.4) is 0 Å². The molecule has 1 heterocycles. The molecule has 0 unspecified atom stereocenters. The van der Waals surface area contributed by atoms with Crippen molar-refractivity contribution in [3.8, 4) is 5.75 Å². The fraction of sp³-hybridized carbons (Fsp3) is 0.0800. The van der Waals surface area contributed by atoms with E-state index >= 15 is 0 Å². The van der Waals surface area contributed by atoms with Crippen molar-refractivity contribution in [2.24, 2.45) is 0 Å². The Morgan fingerprint density at radius 1 is 1.15 bits per heavy atom. The molecule has 166 valence electrons. The van der Waals surface area contributed by atoms with E-state index in [0.717, 1.165) is 16.7 Å². The van der Waals surface area contributed by atoms with Crippen molar-refractivity contribution >= 4 is 63.5 Å². The van der Waals surface area contributed by atoms with E-state index in [1.807, 2.05) is 55.5 Å². The van der Waals surface area contributed by atoms with Crippen LogP contribution >= 0.6 is 35.6 Å². The summed E-state index contributed by atoms with van der Waals surface area (Å²) in [7, 11) is 0. The average molecular weight is 496 g/mol. The fourth-order valence-electron chi connectivity index (χ4n) is 3.25. The highest BCUT2D eigenvalue weighted by Crippen LogP contribution is 2.38. The molecule has 1 aliphatic rings. The molecule has 1 saturated heterocycles. The van der Waals surface area contributed by atoms with Crippen LogP contribution < -0.4 is 9.64 Å². The standard InChI is InChI=1S/C25H18ClNO4S2/c1-15-5-8-18(24(29)30)13-21(15)27-23(28)22(33-25(27)32)12-17-3-2-4-20(11-17)31-14-16-6-9-19(26)10-7-16/h2-13H,14H2,1H3,(H,29,30). The summed E-state index contributed by atoms with van der Waals surface area (Å²) in [6.45, 7) is 2.20. The monoisotopic (exact) mass is 495 g/mol. The van der Waals surface area contributed by atoms with Gasteiger partial charge in [-0.2, -0.15) is 0 Å². The Hall–Kier alpha value is -3.13. The highest BCUT2D eigenvalue weighted by Gasteiger charge is 2.34. The van der Waals surface area contributed by atoms with Crippen molar-refractivity contribution in [2.75, 3.05) is 4.90 Å². The van der Waals surface area contributed by atoms with Crippen molar-refractivity contribution in [3.05, 3.63) is 98.9 Å². The van der Waals surface area contributed by atoms with Crippen LogP contribution in [0.1, 0.15) is 27.0 Å². The third-order valence-electron chi connectivity index (χ3n) is 4.97. The topological polar surface area (TPSA) is 66.8 Å². The van der Waals surface area contributed by atoms with Gasteiger partial charge in [0.1, 0.15) is 12.4 Å². The molecule has 0 saturated carbocycles. The Kier molecular flexibility index (Phi) is 6.83. The Balaban J connectivity index is 1.54. The van der Waals surface area contributed by atoms with Crippen LogP contribution in [0, 0.1) is 6.92 Å². The second-order valence-corrected chi connectivity index (χ2v) is 9.42. The number of aromatic carboxylic acids is 1. The molecule has 0 aromatic heterocycles. The van der Waals surface area contributed by atoms with Gasteiger partial charge in [0, 0.05) is 5.02 Å². The first kappa shape index (κ1) is 23.0. The van der Waals surface area contributed by atoms with Gasteiger partial charge in [-0.3, -0.25) is 9.69 Å². The lowest BCUT2D eigenvalue weighted by Crippen LogP contribution is -2.28. The second-order valence-electron chi connectivity index (χ2n) is 7.31. The maximum Gasteiger partial charge on any atom is 0.335 e. The Morgan fingerprint density at radius 3 is 2.64 bits per heavy atom. The van der Waals surface area contributed by atoms with Crippen molar-refractivity contribution in [1.29, 1.82) is 0 Å². The molecule has 0 aliphatic carbocycles. The number of anilines is 1. The predicted molar refractivity (Wildman–Crippen MR) is 136 cm³/mol. The molecule has 1 fully saturated rings. The fourth-order valence-corrected chi connectivity index (χ4v) is 4.66. The van der Waals surface area contributed by atoms with E-state index in [1.54, 1.807) is 12.1 Å². The van der Waals surface area contributed by atoms with E-state index in [2.05, 4.69) is 0 Å². The number of thioether (sulfide) groups is 1. The summed E-state index contributed by atoms with van der Waals surface area (Å²) in [6, 6.07) is 19.5. The highest BCUT2D eigenvalue weighted by molar-refractivity contribution is 8.27. The molecule has 4 rings (SSSR count). The molecule has 3 aromatic rings. The summed E-state index contributed by atoms with van der Waals surface area (Å²) in [5.41, 5.74) is 3.11. The number of carbonyl (C=O) groups is 2. The van der Waals surface area contributed by atoms with Gasteiger partial charge in [0.25, 0.3) is 5.91 Å². The van der Waals surface area contributed by atoms with E-state index in [-0.39, 0.29) is 11.5 Å². The first-order chi connectivity index (χ1) is 15.8. The van der Waals surface area contributed by atoms with Gasteiger partial charge < -0.3 is 9.84 Å². The summed E-state index contributed by atoms with van der Waals surface area (Å²) < 4.78 is 6.22. The average Bonchev–Trinajstić information content (AvgIpc) is 3.06. The van der Waals surface area contributed by atoms with Crippen LogP contribution in [0.4, 0.5) is 5.69 Å². The highest BCUT2D eigenvalue weighted by atomic mass is 35.5. The van der Waals surface area contributed by atoms with Crippen LogP contribution in [0.5, 0.6) is 5.75 Å². The molecule has 33 heavy (non-hydrogen) atoms. The molecule has 1 N–H and O–H groups in total. The molecule has 5 nitrogen and oxygen atoms in total. The lowest BCUT2D eigenvalue weighted by Gasteiger charge is -2.17. The lowest BCUT2D eigenvalue weighted by atomic mass is 10.1. The Labute approximate surface area is 205 Å². The molecule has 0 atom stereocenters. The van der Waals surface area contributed by atoms with E-state index in [0.29, 0.717) is 32.3 Å². The predicted octanol–water partition coefficient (Wildman–Crippen LogP) is 6.33. The SMILES string of the molecule is Cc1ccc(C(=O)O)cc1N1C(=O)C(=Cc2cccc(OCc3ccc(Cl)cc3)c2)SC1=S. The van der Waals surface area contributed by atoms with E-state index in [4.69, 9.17) is 28.6 Å². The molecule has 0 radical (unpaired) electrons. The summed E-state index contributed by atoms with van der Waals surface area (Å²) in [5, 5.41) is 9.97. The number of carbonyl (C=O) groups excluding carboxylic acids is 1. The maximum atomic E-state index is 13.1. The van der Waals surface area contributed by atoms with Crippen LogP contribution in [-0.2, 0) is 11.4 Å². The number of hydrogen-bond acceptors (Lipinski definition) is 5. The third kappa shape index (κ3) is 5.27. The van der Waals surface area contributed by atoms with Gasteiger partial charge in [-0.15, -0.1) is 0 Å². The summed E-state index contributed by atoms with van der Waals surface area (Å²) in [4.78, 5) is 26.3. The number of rotatable bonds is 6. The minimum Gasteiger partial charge on any atom is -0.489 e. The van der Waals surface area contributed by atoms with Gasteiger partial charge in [0.15, 0.2) is 4.32 Å². The molecule has 1 amide bonds.